The van der Waals surface area contributed by atoms with Gasteiger partial charge in [-0.15, -0.1) is 0 Å². The van der Waals surface area contributed by atoms with Gasteiger partial charge in [-0.25, -0.2) is 22.4 Å². The second kappa shape index (κ2) is 11.8. The van der Waals surface area contributed by atoms with Gasteiger partial charge in [0.25, 0.3) is 0 Å². The Morgan fingerprint density at radius 3 is 2.31 bits per heavy atom. The normalized spacial score (nSPS) is 12.0. The van der Waals surface area contributed by atoms with E-state index in [9.17, 15) is 27.5 Å². The predicted octanol–water partition coefficient (Wildman–Crippen LogP) is 6.86. The molecule has 182 valence electrons. The molecule has 0 aliphatic carbocycles. The Bertz CT molecular complexity index is 1320. The first-order chi connectivity index (χ1) is 16.7. The fraction of sp³-hybridized carbons (Fsp3) is 0.0833. The molecule has 0 unspecified atom stereocenters. The number of rotatable bonds is 8. The van der Waals surface area contributed by atoms with E-state index in [0.717, 1.165) is 11.1 Å². The van der Waals surface area contributed by atoms with E-state index in [4.69, 9.17) is 10.5 Å². The maximum Gasteiger partial charge on any atom is 0.343 e. The molecule has 35 heavy (non-hydrogen) atoms. The van der Waals surface area contributed by atoms with Crippen LogP contribution in [0.3, 0.4) is 0 Å². The lowest BCUT2D eigenvalue weighted by molar-refractivity contribution is -0.137. The van der Waals surface area contributed by atoms with Crippen molar-refractivity contribution in [1.82, 2.24) is 0 Å². The molecule has 0 atom stereocenters. The molecule has 3 aromatic carbocycles. The number of halogens is 4. The van der Waals surface area contributed by atoms with Crippen LogP contribution in [0.15, 0.2) is 75.0 Å². The van der Waals surface area contributed by atoms with E-state index in [0.29, 0.717) is 16.3 Å². The van der Waals surface area contributed by atoms with Gasteiger partial charge in [-0.2, -0.15) is 0 Å². The van der Waals surface area contributed by atoms with Crippen LogP contribution in [0.1, 0.15) is 12.5 Å². The van der Waals surface area contributed by atoms with Crippen LogP contribution in [-0.4, -0.2) is 23.9 Å². The third-order valence-corrected chi connectivity index (χ3v) is 6.93. The first-order valence-corrected chi connectivity index (χ1v) is 12.1. The number of hydrogen-bond acceptors (Lipinski definition) is 7. The first kappa shape index (κ1) is 26.2. The summed E-state index contributed by atoms with van der Waals surface area (Å²) in [4.78, 5) is 18.1. The lowest BCUT2D eigenvalue weighted by atomic mass is 10.1. The predicted molar refractivity (Wildman–Crippen MR) is 130 cm³/mol. The Morgan fingerprint density at radius 2 is 1.63 bits per heavy atom. The molecule has 0 aromatic heterocycles. The van der Waals surface area contributed by atoms with Gasteiger partial charge in [-0.1, -0.05) is 45.9 Å². The van der Waals surface area contributed by atoms with Gasteiger partial charge in [0.1, 0.15) is 11.3 Å². The van der Waals surface area contributed by atoms with E-state index in [1.807, 2.05) is 12.1 Å². The number of carbonyl (C=O) groups excluding carboxylic acids is 1. The fourth-order valence-electron chi connectivity index (χ4n) is 2.72. The number of nitrogen functional groups attached to an aromatic ring is 1. The van der Waals surface area contributed by atoms with E-state index < -0.39 is 46.1 Å². The van der Waals surface area contributed by atoms with Crippen molar-refractivity contribution in [2.24, 2.45) is 4.99 Å². The number of nitrogens with two attached hydrogens (primary N) is 1. The number of aliphatic hydroxyl groups is 1. The average Bonchev–Trinajstić information content (AvgIpc) is 2.85. The van der Waals surface area contributed by atoms with Crippen molar-refractivity contribution in [3.05, 3.63) is 89.0 Å². The Morgan fingerprint density at radius 1 is 1.00 bits per heavy atom. The van der Waals surface area contributed by atoms with E-state index in [1.54, 1.807) is 36.4 Å². The summed E-state index contributed by atoms with van der Waals surface area (Å²) >= 11 is 0. The second-order valence-electron chi connectivity index (χ2n) is 6.76. The van der Waals surface area contributed by atoms with Crippen LogP contribution in [0.5, 0.6) is 0 Å². The maximum atomic E-state index is 14.2. The number of aliphatic hydroxyl groups excluding tert-OH is 1. The summed E-state index contributed by atoms with van der Waals surface area (Å²) in [6.07, 6.45) is 0.882. The van der Waals surface area contributed by atoms with Crippen molar-refractivity contribution in [3.63, 3.8) is 0 Å². The molecule has 0 bridgehead atoms. The van der Waals surface area contributed by atoms with Crippen molar-refractivity contribution >= 4 is 50.9 Å². The van der Waals surface area contributed by atoms with Crippen LogP contribution in [0.2, 0.25) is 0 Å². The highest BCUT2D eigenvalue weighted by atomic mass is 33.1. The van der Waals surface area contributed by atoms with Crippen molar-refractivity contribution in [1.29, 1.82) is 0 Å². The molecule has 3 rings (SSSR count). The van der Waals surface area contributed by atoms with Gasteiger partial charge < -0.3 is 15.6 Å². The molecule has 11 heteroatoms. The third kappa shape index (κ3) is 6.17. The number of benzene rings is 3. The summed E-state index contributed by atoms with van der Waals surface area (Å²) in [7, 11) is 2.69. The van der Waals surface area contributed by atoms with Gasteiger partial charge in [0.15, 0.2) is 23.3 Å². The Labute approximate surface area is 206 Å². The summed E-state index contributed by atoms with van der Waals surface area (Å²) < 4.78 is 59.8. The van der Waals surface area contributed by atoms with Crippen molar-refractivity contribution in [2.45, 2.75) is 16.7 Å². The number of carbonyl (C=O) groups is 1. The molecular formula is C24H18F4N2O3S2. The minimum absolute atomic E-state index is 0.111. The molecule has 0 radical (unpaired) electrons. The van der Waals surface area contributed by atoms with Crippen LogP contribution in [0.4, 0.5) is 28.9 Å². The van der Waals surface area contributed by atoms with Crippen molar-refractivity contribution in [2.75, 3.05) is 12.3 Å². The second-order valence-corrected chi connectivity index (χ2v) is 8.97. The molecule has 0 fully saturated rings. The maximum absolute atomic E-state index is 14.2. The number of para-hydroxylation sites is 2. The molecule has 0 amide bonds. The van der Waals surface area contributed by atoms with Crippen LogP contribution in [-0.2, 0) is 9.53 Å². The topological polar surface area (TPSA) is 84.9 Å². The molecule has 0 aliphatic rings. The number of aliphatic imine (C=N–C) groups is 1. The molecular weight excluding hydrogens is 504 g/mol. The SMILES string of the molecule is CCOC(=O)/C(C=Nc1ccccc1SSc1ccccc1N)=C(\O)c1cc(F)c(F)c(F)c1F. The highest BCUT2D eigenvalue weighted by molar-refractivity contribution is 8.76. The molecule has 0 heterocycles. The summed E-state index contributed by atoms with van der Waals surface area (Å²) in [6.45, 7) is 1.37. The molecule has 0 aliphatic heterocycles. The highest BCUT2D eigenvalue weighted by Crippen LogP contribution is 2.43. The molecule has 3 N–H and O–H groups in total. The van der Waals surface area contributed by atoms with Crippen LogP contribution < -0.4 is 5.73 Å². The minimum Gasteiger partial charge on any atom is -0.506 e. The average molecular weight is 523 g/mol. The van der Waals surface area contributed by atoms with Gasteiger partial charge in [0, 0.05) is 21.7 Å². The summed E-state index contributed by atoms with van der Waals surface area (Å²) in [5.74, 6) is -10.1. The molecule has 0 saturated heterocycles. The van der Waals surface area contributed by atoms with Crippen LogP contribution >= 0.6 is 21.6 Å². The zero-order valence-electron chi connectivity index (χ0n) is 18.1. The largest absolute Gasteiger partial charge is 0.506 e. The third-order valence-electron chi connectivity index (χ3n) is 4.45. The lowest BCUT2D eigenvalue weighted by Gasteiger charge is -2.10. The van der Waals surface area contributed by atoms with Gasteiger partial charge in [-0.3, -0.25) is 4.99 Å². The molecule has 3 aromatic rings. The fourth-order valence-corrected chi connectivity index (χ4v) is 4.96. The molecule has 0 spiro atoms. The summed E-state index contributed by atoms with van der Waals surface area (Å²) in [6, 6.07) is 14.3. The van der Waals surface area contributed by atoms with Gasteiger partial charge in [-0.05, 0) is 37.3 Å². The zero-order valence-corrected chi connectivity index (χ0v) is 19.7. The smallest absolute Gasteiger partial charge is 0.343 e. The first-order valence-electron chi connectivity index (χ1n) is 10.00. The Balaban J connectivity index is 2.00. The van der Waals surface area contributed by atoms with Crippen LogP contribution in [0, 0.1) is 23.3 Å². The summed E-state index contributed by atoms with van der Waals surface area (Å²) in [5.41, 5.74) is 5.17. The van der Waals surface area contributed by atoms with Crippen molar-refractivity contribution in [3.8, 4) is 0 Å². The van der Waals surface area contributed by atoms with Crippen molar-refractivity contribution < 1.29 is 32.2 Å². The number of anilines is 1. The number of hydrogen-bond donors (Lipinski definition) is 2. The molecule has 0 saturated carbocycles. The number of nitrogens with zero attached hydrogens (tertiary/aromatic N) is 1. The van der Waals surface area contributed by atoms with Gasteiger partial charge in [0.05, 0.1) is 17.9 Å². The highest BCUT2D eigenvalue weighted by Gasteiger charge is 2.25. The zero-order chi connectivity index (χ0) is 25.5. The van der Waals surface area contributed by atoms with E-state index >= 15 is 0 Å². The quantitative estimate of drug-likeness (QED) is 0.0387. The Hall–Kier alpha value is -3.44. The minimum atomic E-state index is -2.13. The molecule has 5 nitrogen and oxygen atoms in total. The van der Waals surface area contributed by atoms with E-state index in [1.165, 1.54) is 28.5 Å². The van der Waals surface area contributed by atoms with Crippen LogP contribution in [0.25, 0.3) is 5.76 Å². The Kier molecular flexibility index (Phi) is 8.83. The monoisotopic (exact) mass is 522 g/mol. The number of esters is 1. The number of ether oxygens (including phenoxy) is 1. The van der Waals surface area contributed by atoms with E-state index in [2.05, 4.69) is 4.99 Å². The lowest BCUT2D eigenvalue weighted by Crippen LogP contribution is -2.12. The van der Waals surface area contributed by atoms with E-state index in [-0.39, 0.29) is 12.7 Å². The van der Waals surface area contributed by atoms with Gasteiger partial charge >= 0.3 is 5.97 Å². The summed E-state index contributed by atoms with van der Waals surface area (Å²) in [5, 5.41) is 10.5. The van der Waals surface area contributed by atoms with Gasteiger partial charge in [0.2, 0.25) is 0 Å². The standard InChI is InChI=1S/C24H18F4N2O3S2/c1-2-33-24(32)14(23(31)13-11-15(25)21(27)22(28)20(13)26)12-30-17-8-4-6-10-19(17)35-34-18-9-5-3-7-16(18)29/h3-12,31H,2,29H2,1H3/b23-14-,30-12?.